The summed E-state index contributed by atoms with van der Waals surface area (Å²) < 4.78 is 43.8. The molecule has 1 aliphatic rings. The monoisotopic (exact) mass is 691 g/mol. The Hall–Kier alpha value is -4.84. The molecule has 0 saturated heterocycles. The van der Waals surface area contributed by atoms with Crippen molar-refractivity contribution >= 4 is 29.1 Å². The molecular formula is C37H39ClFN3O7. The van der Waals surface area contributed by atoms with Crippen LogP contribution < -0.4 is 34.9 Å². The maximum Gasteiger partial charge on any atom is 0.257 e. The smallest absolute Gasteiger partial charge is 0.257 e. The molecule has 0 saturated carbocycles. The number of fused-ring (bicyclic) bond motifs is 1. The Morgan fingerprint density at radius 1 is 0.939 bits per heavy atom. The van der Waals surface area contributed by atoms with Gasteiger partial charge in [0.15, 0.2) is 11.5 Å². The SMILES string of the molecule is COc1ccc(CN2C(=O)[C@H](CC(=O)NCc3ccccc3F)O[C@@H](c3cccc(OCCCN)c3OC)c3cc(Cl)ccc32)c(OC)c1. The molecule has 0 fully saturated rings. The van der Waals surface area contributed by atoms with E-state index in [-0.39, 0.29) is 19.5 Å². The van der Waals surface area contributed by atoms with Gasteiger partial charge in [-0.3, -0.25) is 9.59 Å². The van der Waals surface area contributed by atoms with Crippen LogP contribution in [0.3, 0.4) is 0 Å². The van der Waals surface area contributed by atoms with E-state index in [1.165, 1.54) is 20.3 Å². The summed E-state index contributed by atoms with van der Waals surface area (Å²) in [7, 11) is 4.61. The topological polar surface area (TPSA) is 122 Å². The number of ether oxygens (including phenoxy) is 5. The van der Waals surface area contributed by atoms with Crippen molar-refractivity contribution in [3.8, 4) is 23.0 Å². The van der Waals surface area contributed by atoms with Crippen LogP contribution in [0.25, 0.3) is 0 Å². The number of rotatable bonds is 14. The molecule has 4 aromatic carbocycles. The van der Waals surface area contributed by atoms with E-state index in [4.69, 9.17) is 41.0 Å². The number of para-hydroxylation sites is 1. The van der Waals surface area contributed by atoms with E-state index in [1.807, 2.05) is 12.1 Å². The van der Waals surface area contributed by atoms with Gasteiger partial charge >= 0.3 is 0 Å². The van der Waals surface area contributed by atoms with E-state index in [2.05, 4.69) is 5.32 Å². The van der Waals surface area contributed by atoms with Crippen LogP contribution in [0.5, 0.6) is 23.0 Å². The number of hydrogen-bond acceptors (Lipinski definition) is 8. The molecule has 10 nitrogen and oxygen atoms in total. The maximum atomic E-state index is 14.6. The summed E-state index contributed by atoms with van der Waals surface area (Å²) in [5.41, 5.74) is 8.33. The molecular weight excluding hydrogens is 653 g/mol. The highest BCUT2D eigenvalue weighted by Gasteiger charge is 2.39. The number of nitrogens with two attached hydrogens (primary N) is 1. The summed E-state index contributed by atoms with van der Waals surface area (Å²) in [5.74, 6) is 0.538. The molecule has 0 spiro atoms. The van der Waals surface area contributed by atoms with Crippen LogP contribution >= 0.6 is 11.6 Å². The Labute approximate surface area is 289 Å². The van der Waals surface area contributed by atoms with Gasteiger partial charge in [-0.25, -0.2) is 4.39 Å². The largest absolute Gasteiger partial charge is 0.497 e. The molecule has 0 bridgehead atoms. The van der Waals surface area contributed by atoms with Crippen LogP contribution in [0.15, 0.2) is 78.9 Å². The number of nitrogens with one attached hydrogen (secondary N) is 1. The fourth-order valence-electron chi connectivity index (χ4n) is 5.67. The second kappa shape index (κ2) is 16.5. The lowest BCUT2D eigenvalue weighted by Gasteiger charge is -2.26. The van der Waals surface area contributed by atoms with Gasteiger partial charge in [-0.1, -0.05) is 41.9 Å². The molecule has 0 radical (unpaired) electrons. The molecule has 49 heavy (non-hydrogen) atoms. The highest BCUT2D eigenvalue weighted by atomic mass is 35.5. The number of anilines is 1. The van der Waals surface area contributed by atoms with E-state index in [0.29, 0.717) is 75.5 Å². The Morgan fingerprint density at radius 3 is 2.49 bits per heavy atom. The van der Waals surface area contributed by atoms with Crippen molar-refractivity contribution in [1.82, 2.24) is 5.32 Å². The summed E-state index contributed by atoms with van der Waals surface area (Å²) in [4.78, 5) is 29.5. The van der Waals surface area contributed by atoms with Gasteiger partial charge in [-0.15, -0.1) is 0 Å². The third-order valence-electron chi connectivity index (χ3n) is 8.13. The Bertz CT molecular complexity index is 1790. The molecule has 2 amide bonds. The summed E-state index contributed by atoms with van der Waals surface area (Å²) in [5, 5.41) is 3.14. The predicted octanol–water partition coefficient (Wildman–Crippen LogP) is 5.96. The van der Waals surface area contributed by atoms with Gasteiger partial charge in [0.25, 0.3) is 5.91 Å². The van der Waals surface area contributed by atoms with Gasteiger partial charge in [-0.2, -0.15) is 0 Å². The average molecular weight is 692 g/mol. The maximum absolute atomic E-state index is 14.6. The second-order valence-corrected chi connectivity index (χ2v) is 11.7. The van der Waals surface area contributed by atoms with Gasteiger partial charge < -0.3 is 39.6 Å². The van der Waals surface area contributed by atoms with Crippen molar-refractivity contribution in [3.05, 3.63) is 112 Å². The molecule has 1 aliphatic heterocycles. The highest BCUT2D eigenvalue weighted by molar-refractivity contribution is 6.30. The first kappa shape index (κ1) is 35.5. The minimum atomic E-state index is -1.27. The van der Waals surface area contributed by atoms with Crippen molar-refractivity contribution in [2.24, 2.45) is 5.73 Å². The van der Waals surface area contributed by atoms with E-state index < -0.39 is 29.8 Å². The summed E-state index contributed by atoms with van der Waals surface area (Å²) in [6, 6.07) is 22.0. The molecule has 2 atom stereocenters. The number of halogens is 2. The van der Waals surface area contributed by atoms with Gasteiger partial charge in [0, 0.05) is 39.9 Å². The zero-order valence-corrected chi connectivity index (χ0v) is 28.3. The van der Waals surface area contributed by atoms with E-state index in [1.54, 1.807) is 72.7 Å². The zero-order valence-electron chi connectivity index (χ0n) is 27.5. The average Bonchev–Trinajstić information content (AvgIpc) is 3.21. The van der Waals surface area contributed by atoms with Crippen molar-refractivity contribution in [3.63, 3.8) is 0 Å². The van der Waals surface area contributed by atoms with Crippen LogP contribution in [-0.2, 0) is 27.4 Å². The first-order valence-corrected chi connectivity index (χ1v) is 16.1. The van der Waals surface area contributed by atoms with Crippen LogP contribution in [0.4, 0.5) is 10.1 Å². The minimum absolute atomic E-state index is 0.0611. The molecule has 12 heteroatoms. The molecule has 1 heterocycles. The lowest BCUT2D eigenvalue weighted by molar-refractivity contribution is -0.138. The van der Waals surface area contributed by atoms with Crippen LogP contribution in [0.1, 0.15) is 41.2 Å². The van der Waals surface area contributed by atoms with Crippen molar-refractivity contribution < 1.29 is 37.7 Å². The highest BCUT2D eigenvalue weighted by Crippen LogP contribution is 2.46. The number of nitrogens with zero attached hydrogens (tertiary/aromatic N) is 1. The minimum Gasteiger partial charge on any atom is -0.497 e. The standard InChI is InChI=1S/C37H39ClFN3O7/c1-45-26-14-12-24(32(19-26)46-2)22-42-30-15-13-25(38)18-28(30)35(27-9-6-11-31(36(27)47-3)48-17-7-16-40)49-33(37(42)44)20-34(43)41-21-23-8-4-5-10-29(23)39/h4-6,8-15,18-19,33,35H,7,16-17,20-22,40H2,1-3H3,(H,41,43)/t33-,35-/m0/s1. The van der Waals surface area contributed by atoms with Crippen molar-refractivity contribution in [2.75, 3.05) is 39.4 Å². The summed E-state index contributed by atoms with van der Waals surface area (Å²) in [6.07, 6.45) is -1.91. The zero-order chi connectivity index (χ0) is 34.9. The van der Waals surface area contributed by atoms with Crippen LogP contribution in [0.2, 0.25) is 5.02 Å². The van der Waals surface area contributed by atoms with E-state index in [0.717, 1.165) is 0 Å². The molecule has 258 valence electrons. The number of carbonyl (C=O) groups excluding carboxylic acids is 2. The molecule has 0 aromatic heterocycles. The normalized spacial score (nSPS) is 15.6. The summed E-state index contributed by atoms with van der Waals surface area (Å²) in [6.45, 7) is 0.833. The fourth-order valence-corrected chi connectivity index (χ4v) is 5.86. The van der Waals surface area contributed by atoms with E-state index >= 15 is 0 Å². The van der Waals surface area contributed by atoms with Crippen LogP contribution in [-0.4, -0.2) is 52.4 Å². The predicted molar refractivity (Wildman–Crippen MR) is 184 cm³/mol. The number of benzene rings is 4. The van der Waals surface area contributed by atoms with Crippen molar-refractivity contribution in [2.45, 2.75) is 38.1 Å². The number of hydrogen-bond donors (Lipinski definition) is 2. The third kappa shape index (κ3) is 8.25. The van der Waals surface area contributed by atoms with E-state index in [9.17, 15) is 14.0 Å². The molecule has 3 N–H and O–H groups in total. The third-order valence-corrected chi connectivity index (χ3v) is 8.37. The Kier molecular flexibility index (Phi) is 12.0. The molecule has 0 unspecified atom stereocenters. The van der Waals surface area contributed by atoms with Gasteiger partial charge in [0.05, 0.1) is 46.6 Å². The lowest BCUT2D eigenvalue weighted by Crippen LogP contribution is -2.41. The number of carbonyl (C=O) groups is 2. The summed E-state index contributed by atoms with van der Waals surface area (Å²) >= 11 is 6.58. The second-order valence-electron chi connectivity index (χ2n) is 11.3. The van der Waals surface area contributed by atoms with Crippen molar-refractivity contribution in [1.29, 1.82) is 0 Å². The molecule has 5 rings (SSSR count). The van der Waals surface area contributed by atoms with Gasteiger partial charge in [0.2, 0.25) is 5.91 Å². The van der Waals surface area contributed by atoms with Gasteiger partial charge in [0.1, 0.15) is 29.5 Å². The number of amides is 2. The lowest BCUT2D eigenvalue weighted by atomic mass is 9.97. The first-order chi connectivity index (χ1) is 23.8. The Morgan fingerprint density at radius 2 is 1.76 bits per heavy atom. The quantitative estimate of drug-likeness (QED) is 0.156. The number of methoxy groups -OCH3 is 3. The Balaban J connectivity index is 1.58. The van der Waals surface area contributed by atoms with Crippen LogP contribution in [0, 0.1) is 5.82 Å². The van der Waals surface area contributed by atoms with Gasteiger partial charge in [-0.05, 0) is 55.4 Å². The first-order valence-electron chi connectivity index (χ1n) is 15.7. The fraction of sp³-hybridized carbons (Fsp3) is 0.297. The molecule has 0 aliphatic carbocycles. The molecule has 4 aromatic rings.